The second kappa shape index (κ2) is 9.55. The highest BCUT2D eigenvalue weighted by Crippen LogP contribution is 2.51. The fraction of sp³-hybridized carbons (Fsp3) is 0.469. The van der Waals surface area contributed by atoms with E-state index in [1.807, 2.05) is 42.3 Å². The zero-order valence-corrected chi connectivity index (χ0v) is 21.7. The van der Waals surface area contributed by atoms with Crippen LogP contribution >= 0.6 is 0 Å². The molecule has 0 unspecified atom stereocenters. The first-order chi connectivity index (χ1) is 17.6. The molecule has 1 amide bonds. The van der Waals surface area contributed by atoms with E-state index in [4.69, 9.17) is 4.74 Å². The van der Waals surface area contributed by atoms with Gasteiger partial charge in [-0.3, -0.25) is 4.79 Å². The van der Waals surface area contributed by atoms with Crippen LogP contribution in [0.3, 0.4) is 0 Å². The van der Waals surface area contributed by atoms with Gasteiger partial charge in [0.1, 0.15) is 5.75 Å². The van der Waals surface area contributed by atoms with Crippen molar-refractivity contribution >= 4 is 16.7 Å². The fourth-order valence-electron chi connectivity index (χ4n) is 6.98. The highest BCUT2D eigenvalue weighted by atomic mass is 16.5. The average molecular weight is 483 g/mol. The van der Waals surface area contributed by atoms with Gasteiger partial charge in [-0.15, -0.1) is 0 Å². The maximum absolute atomic E-state index is 13.7. The third-order valence-electron chi connectivity index (χ3n) is 9.30. The van der Waals surface area contributed by atoms with Crippen LogP contribution in [-0.2, 0) is 5.41 Å². The molecule has 0 radical (unpaired) electrons. The van der Waals surface area contributed by atoms with Crippen molar-refractivity contribution in [1.29, 1.82) is 0 Å². The number of hydrogen-bond donors (Lipinski definition) is 0. The second-order valence-electron chi connectivity index (χ2n) is 11.5. The lowest BCUT2D eigenvalue weighted by Crippen LogP contribution is -2.56. The quantitative estimate of drug-likeness (QED) is 0.423. The molecule has 188 valence electrons. The molecule has 1 aliphatic heterocycles. The monoisotopic (exact) mass is 482 g/mol. The van der Waals surface area contributed by atoms with Crippen molar-refractivity contribution in [1.82, 2.24) is 9.80 Å². The summed E-state index contributed by atoms with van der Waals surface area (Å²) in [5.74, 6) is 2.62. The van der Waals surface area contributed by atoms with Crippen LogP contribution in [0.5, 0.6) is 5.75 Å². The highest BCUT2D eigenvalue weighted by Gasteiger charge is 2.49. The SMILES string of the molecule is COc1cccc([C@@]23CCN(CC4CC4)C[C@H]2CC[C@@H](N(C)C(=O)c2ccc4ccccc4c2)C3)c1. The third-order valence-corrected chi connectivity index (χ3v) is 9.30. The van der Waals surface area contributed by atoms with Crippen molar-refractivity contribution in [2.75, 3.05) is 33.8 Å². The molecular formula is C32H38N2O2. The Balaban J connectivity index is 1.27. The van der Waals surface area contributed by atoms with Gasteiger partial charge in [-0.05, 0) is 97.5 Å². The Morgan fingerprint density at radius 2 is 1.83 bits per heavy atom. The number of hydrogen-bond acceptors (Lipinski definition) is 3. The van der Waals surface area contributed by atoms with Crippen molar-refractivity contribution < 1.29 is 9.53 Å². The van der Waals surface area contributed by atoms with Crippen molar-refractivity contribution in [3.8, 4) is 5.75 Å². The lowest BCUT2D eigenvalue weighted by atomic mass is 9.57. The maximum Gasteiger partial charge on any atom is 0.253 e. The number of rotatable bonds is 6. The Hall–Kier alpha value is -2.85. The van der Waals surface area contributed by atoms with Crippen molar-refractivity contribution in [3.63, 3.8) is 0 Å². The predicted molar refractivity (Wildman–Crippen MR) is 146 cm³/mol. The fourth-order valence-corrected chi connectivity index (χ4v) is 6.98. The molecule has 3 fully saturated rings. The van der Waals surface area contributed by atoms with Crippen LogP contribution in [0.15, 0.2) is 66.7 Å². The van der Waals surface area contributed by atoms with E-state index in [9.17, 15) is 4.79 Å². The summed E-state index contributed by atoms with van der Waals surface area (Å²) in [7, 11) is 3.77. The summed E-state index contributed by atoms with van der Waals surface area (Å²) in [4.78, 5) is 18.4. The minimum atomic E-state index is 0.0927. The second-order valence-corrected chi connectivity index (χ2v) is 11.5. The van der Waals surface area contributed by atoms with E-state index in [2.05, 4.69) is 41.3 Å². The van der Waals surface area contributed by atoms with E-state index in [-0.39, 0.29) is 17.4 Å². The van der Waals surface area contributed by atoms with E-state index in [1.165, 1.54) is 43.3 Å². The molecule has 2 aliphatic carbocycles. The topological polar surface area (TPSA) is 32.8 Å². The molecule has 6 rings (SSSR count). The molecule has 0 spiro atoms. The predicted octanol–water partition coefficient (Wildman–Crippen LogP) is 6.14. The molecule has 0 N–H and O–H groups in total. The molecule has 2 saturated carbocycles. The number of methoxy groups -OCH3 is 1. The maximum atomic E-state index is 13.7. The van der Waals surface area contributed by atoms with Crippen molar-refractivity contribution in [2.24, 2.45) is 11.8 Å². The van der Waals surface area contributed by atoms with Crippen LogP contribution in [0.25, 0.3) is 10.8 Å². The van der Waals surface area contributed by atoms with Crippen LogP contribution < -0.4 is 4.74 Å². The molecule has 3 aliphatic rings. The van der Waals surface area contributed by atoms with Crippen LogP contribution in [0.1, 0.15) is 54.4 Å². The van der Waals surface area contributed by atoms with Gasteiger partial charge < -0.3 is 14.5 Å². The van der Waals surface area contributed by atoms with Crippen molar-refractivity contribution in [3.05, 3.63) is 77.9 Å². The van der Waals surface area contributed by atoms with Crippen LogP contribution in [-0.4, -0.2) is 55.5 Å². The van der Waals surface area contributed by atoms with Gasteiger partial charge in [0.25, 0.3) is 5.91 Å². The average Bonchev–Trinajstić information content (AvgIpc) is 3.75. The molecule has 4 nitrogen and oxygen atoms in total. The Morgan fingerprint density at radius 1 is 1.00 bits per heavy atom. The number of ether oxygens (including phenoxy) is 1. The van der Waals surface area contributed by atoms with E-state index in [0.29, 0.717) is 5.92 Å². The normalized spacial score (nSPS) is 26.4. The Bertz CT molecular complexity index is 1250. The zero-order valence-electron chi connectivity index (χ0n) is 21.7. The lowest BCUT2D eigenvalue weighted by Gasteiger charge is -2.54. The smallest absolute Gasteiger partial charge is 0.253 e. The largest absolute Gasteiger partial charge is 0.497 e. The van der Waals surface area contributed by atoms with Gasteiger partial charge >= 0.3 is 0 Å². The van der Waals surface area contributed by atoms with Crippen LogP contribution in [0.2, 0.25) is 0 Å². The van der Waals surface area contributed by atoms with E-state index < -0.39 is 0 Å². The molecule has 1 saturated heterocycles. The van der Waals surface area contributed by atoms with Gasteiger partial charge in [0.05, 0.1) is 7.11 Å². The molecule has 4 heteroatoms. The first-order valence-electron chi connectivity index (χ1n) is 13.7. The van der Waals surface area contributed by atoms with E-state index in [0.717, 1.165) is 48.4 Å². The minimum Gasteiger partial charge on any atom is -0.497 e. The summed E-state index contributed by atoms with van der Waals surface area (Å²) in [6.45, 7) is 3.61. The number of piperidine rings is 1. The van der Waals surface area contributed by atoms with Gasteiger partial charge in [0.15, 0.2) is 0 Å². The number of carbonyl (C=O) groups is 1. The van der Waals surface area contributed by atoms with Gasteiger partial charge in [0, 0.05) is 37.2 Å². The molecule has 3 aromatic carbocycles. The summed E-state index contributed by atoms with van der Waals surface area (Å²) in [5, 5.41) is 2.29. The van der Waals surface area contributed by atoms with Crippen LogP contribution in [0.4, 0.5) is 0 Å². The van der Waals surface area contributed by atoms with E-state index in [1.54, 1.807) is 7.11 Å². The molecule has 0 aromatic heterocycles. The van der Waals surface area contributed by atoms with Gasteiger partial charge in [0.2, 0.25) is 0 Å². The summed E-state index contributed by atoms with van der Waals surface area (Å²) in [6, 6.07) is 23.4. The van der Waals surface area contributed by atoms with Crippen LogP contribution in [0, 0.1) is 11.8 Å². The standard InChI is InChI=1S/C32H38N2O2/c1-33(31(35)26-13-12-24-6-3-4-7-25(24)18-26)29-15-14-28-22-34(21-23-10-11-23)17-16-32(28,20-29)27-8-5-9-30(19-27)36-2/h3-9,12-13,18-19,23,28-29H,10-11,14-17,20-22H2,1-2H3/t28-,29-,32+/m1/s1. The van der Waals surface area contributed by atoms with Gasteiger partial charge in [-0.25, -0.2) is 0 Å². The molecule has 3 aromatic rings. The minimum absolute atomic E-state index is 0.0927. The number of fused-ring (bicyclic) bond motifs is 2. The Morgan fingerprint density at radius 3 is 2.64 bits per heavy atom. The first kappa shape index (κ1) is 23.5. The zero-order chi connectivity index (χ0) is 24.7. The molecule has 0 bridgehead atoms. The number of nitrogens with zero attached hydrogens (tertiary/aromatic N) is 2. The lowest BCUT2D eigenvalue weighted by molar-refractivity contribution is 0.0175. The first-order valence-corrected chi connectivity index (χ1v) is 13.7. The molecule has 1 heterocycles. The number of likely N-dealkylation sites (tertiary alicyclic amines) is 1. The summed E-state index contributed by atoms with van der Waals surface area (Å²) in [5.41, 5.74) is 2.28. The number of carbonyl (C=O) groups excluding carboxylic acids is 1. The third kappa shape index (κ3) is 4.41. The summed E-state index contributed by atoms with van der Waals surface area (Å²) in [6.07, 6.45) is 7.24. The number of benzene rings is 3. The van der Waals surface area contributed by atoms with Crippen molar-refractivity contribution in [2.45, 2.75) is 50.0 Å². The van der Waals surface area contributed by atoms with E-state index >= 15 is 0 Å². The highest BCUT2D eigenvalue weighted by molar-refractivity contribution is 5.98. The van der Waals surface area contributed by atoms with Gasteiger partial charge in [-0.1, -0.05) is 42.5 Å². The Labute approximate surface area is 215 Å². The molecule has 36 heavy (non-hydrogen) atoms. The molecular weight excluding hydrogens is 444 g/mol. The Kier molecular flexibility index (Phi) is 6.25. The summed E-state index contributed by atoms with van der Waals surface area (Å²) < 4.78 is 5.63. The van der Waals surface area contributed by atoms with Gasteiger partial charge in [-0.2, -0.15) is 0 Å². The summed E-state index contributed by atoms with van der Waals surface area (Å²) >= 11 is 0. The number of amides is 1. The molecule has 3 atom stereocenters.